The molecule has 110 valence electrons. The van der Waals surface area contributed by atoms with Crippen molar-refractivity contribution in [3.05, 3.63) is 24.2 Å². The Kier molecular flexibility index (Phi) is 3.37. The average Bonchev–Trinajstić information content (AvgIpc) is 2.90. The van der Waals surface area contributed by atoms with Crippen molar-refractivity contribution in [2.24, 2.45) is 29.6 Å². The quantitative estimate of drug-likeness (QED) is 0.881. The minimum absolute atomic E-state index is 0.626. The zero-order valence-electron chi connectivity index (χ0n) is 12.6. The SMILES string of the molecule is CCNC(Cc1ccco1)C1C2CC3CC(C2)CC1C3. The fourth-order valence-corrected chi connectivity index (χ4v) is 5.88. The summed E-state index contributed by atoms with van der Waals surface area (Å²) in [5, 5.41) is 3.79. The minimum atomic E-state index is 0.626. The van der Waals surface area contributed by atoms with Gasteiger partial charge in [-0.1, -0.05) is 6.92 Å². The van der Waals surface area contributed by atoms with Gasteiger partial charge >= 0.3 is 0 Å². The highest BCUT2D eigenvalue weighted by molar-refractivity contribution is 5.06. The third-order valence-corrected chi connectivity index (χ3v) is 6.23. The molecule has 1 unspecified atom stereocenters. The lowest BCUT2D eigenvalue weighted by Gasteiger charge is -2.56. The normalized spacial score (nSPS) is 40.1. The van der Waals surface area contributed by atoms with Crippen molar-refractivity contribution in [1.82, 2.24) is 5.32 Å². The molecule has 0 aliphatic heterocycles. The molecule has 1 N–H and O–H groups in total. The van der Waals surface area contributed by atoms with Crippen molar-refractivity contribution in [3.63, 3.8) is 0 Å². The van der Waals surface area contributed by atoms with Crippen molar-refractivity contribution in [1.29, 1.82) is 0 Å². The van der Waals surface area contributed by atoms with Crippen molar-refractivity contribution in [3.8, 4) is 0 Å². The first-order valence-electron chi connectivity index (χ1n) is 8.59. The Labute approximate surface area is 122 Å². The molecule has 0 aromatic carbocycles. The standard InChI is InChI=1S/C18H27NO/c1-2-19-17(11-16-4-3-5-20-16)18-14-7-12-6-13(9-14)10-15(18)8-12/h3-5,12-15,17-19H,2,6-11H2,1H3. The van der Waals surface area contributed by atoms with Gasteiger partial charge in [-0.25, -0.2) is 0 Å². The summed E-state index contributed by atoms with van der Waals surface area (Å²) < 4.78 is 5.61. The van der Waals surface area contributed by atoms with Gasteiger partial charge in [0, 0.05) is 12.5 Å². The first-order valence-corrected chi connectivity index (χ1v) is 8.59. The second kappa shape index (κ2) is 5.22. The minimum Gasteiger partial charge on any atom is -0.469 e. The summed E-state index contributed by atoms with van der Waals surface area (Å²) in [6.45, 7) is 3.32. The molecule has 5 rings (SSSR count). The van der Waals surface area contributed by atoms with Crippen LogP contribution in [0.1, 0.15) is 44.8 Å². The Balaban J connectivity index is 1.53. The fourth-order valence-electron chi connectivity index (χ4n) is 5.88. The first kappa shape index (κ1) is 12.9. The number of hydrogen-bond acceptors (Lipinski definition) is 2. The molecule has 0 saturated heterocycles. The van der Waals surface area contributed by atoms with E-state index in [4.69, 9.17) is 4.42 Å². The molecule has 4 fully saturated rings. The van der Waals surface area contributed by atoms with E-state index in [0.717, 1.165) is 48.3 Å². The highest BCUT2D eigenvalue weighted by Crippen LogP contribution is 2.57. The van der Waals surface area contributed by atoms with Crippen LogP contribution in [0.15, 0.2) is 22.8 Å². The van der Waals surface area contributed by atoms with Crippen LogP contribution in [0.25, 0.3) is 0 Å². The largest absolute Gasteiger partial charge is 0.469 e. The van der Waals surface area contributed by atoms with E-state index in [1.54, 1.807) is 6.42 Å². The van der Waals surface area contributed by atoms with Crippen LogP contribution >= 0.6 is 0 Å². The van der Waals surface area contributed by atoms with Gasteiger partial charge < -0.3 is 9.73 Å². The van der Waals surface area contributed by atoms with Crippen molar-refractivity contribution in [2.45, 2.75) is 51.5 Å². The van der Waals surface area contributed by atoms with Gasteiger partial charge in [-0.3, -0.25) is 0 Å². The van der Waals surface area contributed by atoms with Gasteiger partial charge in [-0.15, -0.1) is 0 Å². The van der Waals surface area contributed by atoms with Crippen LogP contribution < -0.4 is 5.32 Å². The van der Waals surface area contributed by atoms with Crippen LogP contribution in [0.2, 0.25) is 0 Å². The van der Waals surface area contributed by atoms with Gasteiger partial charge in [0.2, 0.25) is 0 Å². The lowest BCUT2D eigenvalue weighted by Crippen LogP contribution is -2.53. The van der Waals surface area contributed by atoms with E-state index >= 15 is 0 Å². The molecule has 1 aromatic heterocycles. The second-order valence-electron chi connectivity index (χ2n) is 7.46. The highest BCUT2D eigenvalue weighted by Gasteiger charge is 2.50. The summed E-state index contributed by atoms with van der Waals surface area (Å²) in [6.07, 6.45) is 10.5. The number of likely N-dealkylation sites (N-methyl/N-ethyl adjacent to an activating group) is 1. The maximum Gasteiger partial charge on any atom is 0.105 e. The summed E-state index contributed by atoms with van der Waals surface area (Å²) in [5.41, 5.74) is 0. The zero-order valence-corrected chi connectivity index (χ0v) is 12.6. The van der Waals surface area contributed by atoms with Gasteiger partial charge in [0.25, 0.3) is 0 Å². The molecule has 4 aliphatic carbocycles. The van der Waals surface area contributed by atoms with E-state index in [-0.39, 0.29) is 0 Å². The molecular formula is C18H27NO. The average molecular weight is 273 g/mol. The van der Waals surface area contributed by atoms with E-state index in [9.17, 15) is 0 Å². The van der Waals surface area contributed by atoms with Crippen LogP contribution in [0.5, 0.6) is 0 Å². The molecular weight excluding hydrogens is 246 g/mol. The molecule has 1 atom stereocenters. The smallest absolute Gasteiger partial charge is 0.105 e. The number of hydrogen-bond donors (Lipinski definition) is 1. The number of nitrogens with one attached hydrogen (secondary N) is 1. The van der Waals surface area contributed by atoms with Crippen LogP contribution in [0, 0.1) is 29.6 Å². The molecule has 2 nitrogen and oxygen atoms in total. The summed E-state index contributed by atoms with van der Waals surface area (Å²) >= 11 is 0. The fraction of sp³-hybridized carbons (Fsp3) is 0.778. The Morgan fingerprint density at radius 3 is 2.40 bits per heavy atom. The Morgan fingerprint density at radius 2 is 1.85 bits per heavy atom. The van der Waals surface area contributed by atoms with Crippen LogP contribution in [0.3, 0.4) is 0 Å². The van der Waals surface area contributed by atoms with E-state index in [1.807, 2.05) is 12.3 Å². The molecule has 2 heteroatoms. The predicted molar refractivity (Wildman–Crippen MR) is 80.4 cm³/mol. The van der Waals surface area contributed by atoms with Crippen LogP contribution in [-0.4, -0.2) is 12.6 Å². The van der Waals surface area contributed by atoms with Gasteiger partial charge in [-0.05, 0) is 80.4 Å². The zero-order chi connectivity index (χ0) is 13.5. The summed E-state index contributed by atoms with van der Waals surface area (Å²) in [6, 6.07) is 4.79. The molecule has 0 radical (unpaired) electrons. The predicted octanol–water partition coefficient (Wildman–Crippen LogP) is 3.87. The van der Waals surface area contributed by atoms with Gasteiger partial charge in [0.05, 0.1) is 6.26 Å². The molecule has 0 amide bonds. The first-order chi connectivity index (χ1) is 9.83. The van der Waals surface area contributed by atoms with Gasteiger partial charge in [0.15, 0.2) is 0 Å². The summed E-state index contributed by atoms with van der Waals surface area (Å²) in [4.78, 5) is 0. The molecule has 4 bridgehead atoms. The number of furan rings is 1. The number of rotatable bonds is 5. The Morgan fingerprint density at radius 1 is 1.15 bits per heavy atom. The summed E-state index contributed by atoms with van der Waals surface area (Å²) in [7, 11) is 0. The molecule has 1 heterocycles. The van der Waals surface area contributed by atoms with Crippen molar-refractivity contribution >= 4 is 0 Å². The lowest BCUT2D eigenvalue weighted by molar-refractivity contribution is -0.0520. The van der Waals surface area contributed by atoms with E-state index in [1.165, 1.54) is 25.7 Å². The van der Waals surface area contributed by atoms with E-state index < -0.39 is 0 Å². The summed E-state index contributed by atoms with van der Waals surface area (Å²) in [5.74, 6) is 6.17. The highest BCUT2D eigenvalue weighted by atomic mass is 16.3. The molecule has 4 aliphatic rings. The maximum atomic E-state index is 5.61. The monoisotopic (exact) mass is 273 g/mol. The van der Waals surface area contributed by atoms with Crippen LogP contribution in [-0.2, 0) is 6.42 Å². The third-order valence-electron chi connectivity index (χ3n) is 6.23. The van der Waals surface area contributed by atoms with Crippen LogP contribution in [0.4, 0.5) is 0 Å². The third kappa shape index (κ3) is 2.22. The van der Waals surface area contributed by atoms with Gasteiger partial charge in [0.1, 0.15) is 5.76 Å². The molecule has 0 spiro atoms. The van der Waals surface area contributed by atoms with Crippen molar-refractivity contribution < 1.29 is 4.42 Å². The molecule has 20 heavy (non-hydrogen) atoms. The Hall–Kier alpha value is -0.760. The van der Waals surface area contributed by atoms with Gasteiger partial charge in [-0.2, -0.15) is 0 Å². The molecule has 1 aromatic rings. The van der Waals surface area contributed by atoms with E-state index in [0.29, 0.717) is 6.04 Å². The maximum absolute atomic E-state index is 5.61. The molecule has 4 saturated carbocycles. The second-order valence-corrected chi connectivity index (χ2v) is 7.46. The lowest BCUT2D eigenvalue weighted by atomic mass is 9.50. The van der Waals surface area contributed by atoms with E-state index in [2.05, 4.69) is 18.3 Å². The Bertz CT molecular complexity index is 410. The topological polar surface area (TPSA) is 25.2 Å². The van der Waals surface area contributed by atoms with Crippen molar-refractivity contribution in [2.75, 3.05) is 6.54 Å².